The number of methoxy groups -OCH3 is 3. The molecule has 0 aliphatic carbocycles. The van der Waals surface area contributed by atoms with Crippen LogP contribution < -0.4 is 14.2 Å². The van der Waals surface area contributed by atoms with E-state index in [-0.39, 0.29) is 5.91 Å². The summed E-state index contributed by atoms with van der Waals surface area (Å²) in [5, 5.41) is 0.704. The molecule has 1 amide bonds. The summed E-state index contributed by atoms with van der Waals surface area (Å²) in [6.07, 6.45) is 0. The molecule has 1 saturated heterocycles. The molecule has 0 atom stereocenters. The van der Waals surface area contributed by atoms with E-state index in [9.17, 15) is 4.79 Å². The monoisotopic (exact) mass is 486 g/mol. The van der Waals surface area contributed by atoms with Gasteiger partial charge in [-0.15, -0.1) is 11.3 Å². The van der Waals surface area contributed by atoms with E-state index < -0.39 is 0 Å². The Morgan fingerprint density at radius 3 is 2.21 bits per heavy atom. The quantitative estimate of drug-likeness (QED) is 0.467. The van der Waals surface area contributed by atoms with Crippen molar-refractivity contribution in [3.8, 4) is 27.7 Å². The van der Waals surface area contributed by atoms with Crippen molar-refractivity contribution in [1.29, 1.82) is 0 Å². The molecule has 8 heteroatoms. The van der Waals surface area contributed by atoms with E-state index in [0.717, 1.165) is 34.0 Å². The van der Waals surface area contributed by atoms with Gasteiger partial charge in [0, 0.05) is 48.2 Å². The van der Waals surface area contributed by atoms with E-state index in [2.05, 4.69) is 4.90 Å². The second kappa shape index (κ2) is 10.5. The first-order chi connectivity index (χ1) is 16.0. The molecule has 2 aromatic carbocycles. The number of amides is 1. The molecule has 174 valence electrons. The van der Waals surface area contributed by atoms with Crippen LogP contribution in [-0.2, 0) is 6.54 Å². The fourth-order valence-electron chi connectivity index (χ4n) is 4.02. The molecular formula is C25H27ClN2O4S. The van der Waals surface area contributed by atoms with Crippen LogP contribution in [-0.4, -0.2) is 63.2 Å². The SMILES string of the molecule is COc1ccc(CN2CCN(C(=O)c3ccc(-c4ccc(Cl)cc4)s3)CC2)c(OC)c1OC. The summed E-state index contributed by atoms with van der Waals surface area (Å²) in [4.78, 5) is 19.1. The van der Waals surface area contributed by atoms with Gasteiger partial charge in [0.2, 0.25) is 5.75 Å². The molecule has 0 radical (unpaired) electrons. The minimum absolute atomic E-state index is 0.0866. The number of carbonyl (C=O) groups excluding carboxylic acids is 1. The summed E-state index contributed by atoms with van der Waals surface area (Å²) in [5.74, 6) is 2.01. The lowest BCUT2D eigenvalue weighted by atomic mass is 10.1. The predicted molar refractivity (Wildman–Crippen MR) is 132 cm³/mol. The third kappa shape index (κ3) is 5.11. The zero-order valence-electron chi connectivity index (χ0n) is 19.0. The van der Waals surface area contributed by atoms with Crippen molar-refractivity contribution in [2.75, 3.05) is 47.5 Å². The molecule has 1 aliphatic heterocycles. The Morgan fingerprint density at radius 2 is 1.58 bits per heavy atom. The van der Waals surface area contributed by atoms with Crippen LogP contribution in [0.5, 0.6) is 17.2 Å². The summed E-state index contributed by atoms with van der Waals surface area (Å²) < 4.78 is 16.5. The molecule has 3 aromatic rings. The summed E-state index contributed by atoms with van der Waals surface area (Å²) in [6, 6.07) is 15.5. The standard InChI is InChI=1S/C25H27ClN2O4S/c1-30-20-9-6-18(23(31-2)24(20)32-3)16-27-12-14-28(15-13-27)25(29)22-11-10-21(33-22)17-4-7-19(26)8-5-17/h4-11H,12-16H2,1-3H3. The lowest BCUT2D eigenvalue weighted by Gasteiger charge is -2.34. The Kier molecular flexibility index (Phi) is 7.42. The van der Waals surface area contributed by atoms with Gasteiger partial charge in [-0.25, -0.2) is 0 Å². The van der Waals surface area contributed by atoms with E-state index in [1.165, 1.54) is 11.3 Å². The normalized spacial score (nSPS) is 14.2. The zero-order chi connectivity index (χ0) is 23.4. The van der Waals surface area contributed by atoms with Gasteiger partial charge in [0.1, 0.15) is 0 Å². The number of piperazine rings is 1. The van der Waals surface area contributed by atoms with Crippen molar-refractivity contribution in [3.05, 3.63) is 64.0 Å². The summed E-state index contributed by atoms with van der Waals surface area (Å²) in [7, 11) is 4.85. The maximum atomic E-state index is 13.1. The molecule has 0 saturated carbocycles. The Bertz CT molecular complexity index is 1110. The van der Waals surface area contributed by atoms with E-state index >= 15 is 0 Å². The third-order valence-electron chi connectivity index (χ3n) is 5.78. The van der Waals surface area contributed by atoms with Gasteiger partial charge >= 0.3 is 0 Å². The van der Waals surface area contributed by atoms with Crippen molar-refractivity contribution >= 4 is 28.8 Å². The predicted octanol–water partition coefficient (Wildman–Crippen LogP) is 5.05. The van der Waals surface area contributed by atoms with Crippen LogP contribution in [0.15, 0.2) is 48.5 Å². The summed E-state index contributed by atoms with van der Waals surface area (Å²) >= 11 is 7.50. The highest BCUT2D eigenvalue weighted by atomic mass is 35.5. The molecule has 0 bridgehead atoms. The largest absolute Gasteiger partial charge is 0.493 e. The minimum atomic E-state index is 0.0866. The molecule has 1 aromatic heterocycles. The maximum absolute atomic E-state index is 13.1. The number of benzene rings is 2. The number of rotatable bonds is 7. The van der Waals surface area contributed by atoms with Crippen LogP contribution in [0.4, 0.5) is 0 Å². The van der Waals surface area contributed by atoms with Crippen LogP contribution >= 0.6 is 22.9 Å². The van der Waals surface area contributed by atoms with E-state index in [1.54, 1.807) is 21.3 Å². The van der Waals surface area contributed by atoms with Crippen molar-refractivity contribution in [3.63, 3.8) is 0 Å². The van der Waals surface area contributed by atoms with Gasteiger partial charge in [-0.05, 0) is 35.9 Å². The van der Waals surface area contributed by atoms with Crippen molar-refractivity contribution in [2.45, 2.75) is 6.54 Å². The smallest absolute Gasteiger partial charge is 0.264 e. The van der Waals surface area contributed by atoms with Crippen LogP contribution in [0, 0.1) is 0 Å². The molecule has 4 rings (SSSR count). The average Bonchev–Trinajstić information content (AvgIpc) is 3.34. The molecule has 33 heavy (non-hydrogen) atoms. The Morgan fingerprint density at radius 1 is 0.879 bits per heavy atom. The first-order valence-corrected chi connectivity index (χ1v) is 11.9. The maximum Gasteiger partial charge on any atom is 0.264 e. The topological polar surface area (TPSA) is 51.2 Å². The molecule has 6 nitrogen and oxygen atoms in total. The highest BCUT2D eigenvalue weighted by Crippen LogP contribution is 2.40. The minimum Gasteiger partial charge on any atom is -0.493 e. The zero-order valence-corrected chi connectivity index (χ0v) is 20.5. The molecular weight excluding hydrogens is 460 g/mol. The summed E-state index contributed by atoms with van der Waals surface area (Å²) in [6.45, 7) is 3.66. The number of hydrogen-bond donors (Lipinski definition) is 0. The second-order valence-corrected chi connectivity index (χ2v) is 9.25. The number of carbonyl (C=O) groups is 1. The van der Waals surface area contributed by atoms with E-state index in [0.29, 0.717) is 41.9 Å². The fraction of sp³-hybridized carbons (Fsp3) is 0.320. The van der Waals surface area contributed by atoms with Crippen LogP contribution in [0.1, 0.15) is 15.2 Å². The van der Waals surface area contributed by atoms with Gasteiger partial charge in [0.15, 0.2) is 11.5 Å². The first kappa shape index (κ1) is 23.4. The number of nitrogens with zero attached hydrogens (tertiary/aromatic N) is 2. The number of halogens is 1. The highest BCUT2D eigenvalue weighted by molar-refractivity contribution is 7.17. The van der Waals surface area contributed by atoms with E-state index in [4.69, 9.17) is 25.8 Å². The second-order valence-electron chi connectivity index (χ2n) is 7.73. The van der Waals surface area contributed by atoms with Crippen molar-refractivity contribution < 1.29 is 19.0 Å². The Hall–Kier alpha value is -2.74. The van der Waals surface area contributed by atoms with Gasteiger partial charge in [0.05, 0.1) is 26.2 Å². The van der Waals surface area contributed by atoms with Gasteiger partial charge in [-0.1, -0.05) is 29.8 Å². The molecule has 0 unspecified atom stereocenters. The molecule has 0 spiro atoms. The van der Waals surface area contributed by atoms with Gasteiger partial charge < -0.3 is 19.1 Å². The number of ether oxygens (including phenoxy) is 3. The Balaban J connectivity index is 1.38. The number of thiophene rings is 1. The van der Waals surface area contributed by atoms with Gasteiger partial charge in [0.25, 0.3) is 5.91 Å². The first-order valence-electron chi connectivity index (χ1n) is 10.7. The van der Waals surface area contributed by atoms with Gasteiger partial charge in [-0.2, -0.15) is 0 Å². The fourth-order valence-corrected chi connectivity index (χ4v) is 5.12. The lowest BCUT2D eigenvalue weighted by molar-refractivity contribution is 0.0632. The van der Waals surface area contributed by atoms with Crippen LogP contribution in [0.2, 0.25) is 5.02 Å². The lowest BCUT2D eigenvalue weighted by Crippen LogP contribution is -2.48. The molecule has 1 fully saturated rings. The van der Waals surface area contributed by atoms with Crippen LogP contribution in [0.25, 0.3) is 10.4 Å². The average molecular weight is 487 g/mol. The highest BCUT2D eigenvalue weighted by Gasteiger charge is 2.25. The van der Waals surface area contributed by atoms with Gasteiger partial charge in [-0.3, -0.25) is 9.69 Å². The summed E-state index contributed by atoms with van der Waals surface area (Å²) in [5.41, 5.74) is 2.10. The molecule has 2 heterocycles. The third-order valence-corrected chi connectivity index (χ3v) is 7.16. The molecule has 0 N–H and O–H groups in total. The van der Waals surface area contributed by atoms with Crippen LogP contribution in [0.3, 0.4) is 0 Å². The van der Waals surface area contributed by atoms with Crippen molar-refractivity contribution in [1.82, 2.24) is 9.80 Å². The van der Waals surface area contributed by atoms with E-state index in [1.807, 2.05) is 53.4 Å². The van der Waals surface area contributed by atoms with Crippen molar-refractivity contribution in [2.24, 2.45) is 0 Å². The molecule has 1 aliphatic rings. The number of hydrogen-bond acceptors (Lipinski definition) is 6. The Labute approximate surface area is 203 Å².